The molecular formula is C16H14Cl2N2O2. The Balaban J connectivity index is 1.95. The fraction of sp³-hybridized carbons (Fsp3) is 0.188. The number of halogens is 2. The number of methoxy groups -OCH3 is 1. The summed E-state index contributed by atoms with van der Waals surface area (Å²) in [6.07, 6.45) is 0. The first-order valence-electron chi connectivity index (χ1n) is 6.70. The van der Waals surface area contributed by atoms with Gasteiger partial charge in [0.05, 0.1) is 23.2 Å². The topological polar surface area (TPSA) is 55.6 Å². The Bertz CT molecular complexity index is 719. The maximum atomic E-state index is 12.2. The molecule has 1 aliphatic heterocycles. The summed E-state index contributed by atoms with van der Waals surface area (Å²) >= 11 is 12.0. The number of β-lactam (4-membered cyclic amide) rings is 1. The van der Waals surface area contributed by atoms with Gasteiger partial charge in [0.15, 0.2) is 0 Å². The second-order valence-electron chi connectivity index (χ2n) is 5.05. The summed E-state index contributed by atoms with van der Waals surface area (Å²) in [7, 11) is 1.61. The van der Waals surface area contributed by atoms with Crippen molar-refractivity contribution in [3.05, 3.63) is 58.1 Å². The van der Waals surface area contributed by atoms with Crippen LogP contribution < -0.4 is 15.4 Å². The van der Waals surface area contributed by atoms with Crippen LogP contribution in [0.15, 0.2) is 42.5 Å². The molecule has 0 bridgehead atoms. The van der Waals surface area contributed by atoms with E-state index in [2.05, 4.69) is 0 Å². The molecule has 2 aromatic rings. The molecule has 1 heterocycles. The quantitative estimate of drug-likeness (QED) is 0.873. The fourth-order valence-electron chi connectivity index (χ4n) is 2.59. The van der Waals surface area contributed by atoms with Crippen molar-refractivity contribution in [3.63, 3.8) is 0 Å². The lowest BCUT2D eigenvalue weighted by atomic mass is 9.88. The minimum absolute atomic E-state index is 0.140. The number of carbonyl (C=O) groups is 1. The molecule has 0 aliphatic carbocycles. The predicted octanol–water partition coefficient (Wildman–Crippen LogP) is 3.42. The van der Waals surface area contributed by atoms with Gasteiger partial charge in [-0.25, -0.2) is 0 Å². The molecule has 2 atom stereocenters. The van der Waals surface area contributed by atoms with E-state index < -0.39 is 6.04 Å². The average Bonchev–Trinajstić information content (AvgIpc) is 2.54. The van der Waals surface area contributed by atoms with Crippen LogP contribution in [0.4, 0.5) is 5.69 Å². The fourth-order valence-corrected chi connectivity index (χ4v) is 2.88. The lowest BCUT2D eigenvalue weighted by molar-refractivity contribution is -0.126. The van der Waals surface area contributed by atoms with E-state index >= 15 is 0 Å². The molecule has 0 radical (unpaired) electrons. The molecule has 1 amide bonds. The molecular weight excluding hydrogens is 323 g/mol. The van der Waals surface area contributed by atoms with E-state index in [1.54, 1.807) is 30.2 Å². The van der Waals surface area contributed by atoms with Gasteiger partial charge in [0.25, 0.3) is 0 Å². The molecule has 0 spiro atoms. The van der Waals surface area contributed by atoms with Crippen LogP contribution >= 0.6 is 23.2 Å². The van der Waals surface area contributed by atoms with Crippen molar-refractivity contribution in [2.45, 2.75) is 12.1 Å². The van der Waals surface area contributed by atoms with E-state index in [0.717, 1.165) is 11.3 Å². The second-order valence-corrected chi connectivity index (χ2v) is 5.86. The number of benzene rings is 2. The minimum atomic E-state index is -0.567. The lowest BCUT2D eigenvalue weighted by Crippen LogP contribution is -2.63. The van der Waals surface area contributed by atoms with Crippen molar-refractivity contribution >= 4 is 34.8 Å². The Kier molecular flexibility index (Phi) is 4.00. The van der Waals surface area contributed by atoms with E-state index in [0.29, 0.717) is 15.7 Å². The van der Waals surface area contributed by atoms with E-state index in [1.807, 2.05) is 24.3 Å². The Morgan fingerprint density at radius 1 is 1.09 bits per heavy atom. The summed E-state index contributed by atoms with van der Waals surface area (Å²) in [6.45, 7) is 0. The van der Waals surface area contributed by atoms with Crippen molar-refractivity contribution in [3.8, 4) is 5.75 Å². The number of anilines is 1. The van der Waals surface area contributed by atoms with Crippen LogP contribution in [0.3, 0.4) is 0 Å². The van der Waals surface area contributed by atoms with Crippen molar-refractivity contribution in [2.75, 3.05) is 12.0 Å². The van der Waals surface area contributed by atoms with Gasteiger partial charge in [-0.15, -0.1) is 0 Å². The number of hydrogen-bond donors (Lipinski definition) is 1. The third kappa shape index (κ3) is 2.43. The normalized spacial score (nSPS) is 20.7. The number of nitrogens with two attached hydrogens (primary N) is 1. The van der Waals surface area contributed by atoms with E-state index in [4.69, 9.17) is 33.7 Å². The predicted molar refractivity (Wildman–Crippen MR) is 87.7 cm³/mol. The number of amides is 1. The van der Waals surface area contributed by atoms with Crippen molar-refractivity contribution in [1.29, 1.82) is 0 Å². The number of rotatable bonds is 3. The molecule has 1 saturated heterocycles. The van der Waals surface area contributed by atoms with Gasteiger partial charge in [-0.2, -0.15) is 0 Å². The minimum Gasteiger partial charge on any atom is -0.497 e. The number of carbonyl (C=O) groups excluding carboxylic acids is 1. The number of ether oxygens (including phenoxy) is 1. The first-order valence-corrected chi connectivity index (χ1v) is 7.46. The van der Waals surface area contributed by atoms with Gasteiger partial charge >= 0.3 is 0 Å². The van der Waals surface area contributed by atoms with Gasteiger partial charge in [0, 0.05) is 5.69 Å². The smallest absolute Gasteiger partial charge is 0.247 e. The molecule has 1 aliphatic rings. The van der Waals surface area contributed by atoms with Crippen LogP contribution in [-0.4, -0.2) is 19.1 Å². The molecule has 2 aromatic carbocycles. The highest BCUT2D eigenvalue weighted by molar-refractivity contribution is 6.42. The molecule has 0 unspecified atom stereocenters. The summed E-state index contributed by atoms with van der Waals surface area (Å²) in [4.78, 5) is 13.8. The van der Waals surface area contributed by atoms with Crippen LogP contribution in [0.5, 0.6) is 5.75 Å². The SMILES string of the molecule is COc1ccc([C@H]2[C@@H](N)C(=O)N2c2ccc(Cl)c(Cl)c2)cc1. The van der Waals surface area contributed by atoms with Crippen molar-refractivity contribution < 1.29 is 9.53 Å². The summed E-state index contributed by atoms with van der Waals surface area (Å²) in [6, 6.07) is 11.8. The maximum Gasteiger partial charge on any atom is 0.247 e. The first kappa shape index (κ1) is 15.2. The highest BCUT2D eigenvalue weighted by Gasteiger charge is 2.46. The summed E-state index contributed by atoms with van der Waals surface area (Å²) in [5, 5.41) is 0.851. The zero-order valence-corrected chi connectivity index (χ0v) is 13.3. The van der Waals surface area contributed by atoms with Gasteiger partial charge in [0.2, 0.25) is 5.91 Å². The van der Waals surface area contributed by atoms with Gasteiger partial charge in [-0.3, -0.25) is 4.79 Å². The van der Waals surface area contributed by atoms with E-state index in [1.165, 1.54) is 0 Å². The largest absolute Gasteiger partial charge is 0.497 e. The van der Waals surface area contributed by atoms with Crippen LogP contribution in [0.1, 0.15) is 11.6 Å². The van der Waals surface area contributed by atoms with E-state index in [-0.39, 0.29) is 11.9 Å². The zero-order valence-electron chi connectivity index (χ0n) is 11.8. The highest BCUT2D eigenvalue weighted by atomic mass is 35.5. The third-order valence-corrected chi connectivity index (χ3v) is 4.52. The van der Waals surface area contributed by atoms with Gasteiger partial charge in [0.1, 0.15) is 11.8 Å². The Morgan fingerprint density at radius 3 is 2.36 bits per heavy atom. The van der Waals surface area contributed by atoms with E-state index in [9.17, 15) is 4.79 Å². The van der Waals surface area contributed by atoms with Gasteiger partial charge in [-0.1, -0.05) is 35.3 Å². The molecule has 0 saturated carbocycles. The second kappa shape index (κ2) is 5.80. The third-order valence-electron chi connectivity index (χ3n) is 3.78. The first-order chi connectivity index (χ1) is 10.5. The van der Waals surface area contributed by atoms with Crippen LogP contribution in [0.25, 0.3) is 0 Å². The standard InChI is InChI=1S/C16H14Cl2N2O2/c1-22-11-5-2-9(3-6-11)15-14(19)16(21)20(15)10-4-7-12(17)13(18)8-10/h2-8,14-15H,19H2,1H3/t14-,15+/m1/s1. The molecule has 2 N–H and O–H groups in total. The zero-order chi connectivity index (χ0) is 15.9. The monoisotopic (exact) mass is 336 g/mol. The number of nitrogens with zero attached hydrogens (tertiary/aromatic N) is 1. The van der Waals surface area contributed by atoms with Crippen LogP contribution in [-0.2, 0) is 4.79 Å². The highest BCUT2D eigenvalue weighted by Crippen LogP contribution is 2.40. The molecule has 22 heavy (non-hydrogen) atoms. The van der Waals surface area contributed by atoms with Crippen LogP contribution in [0, 0.1) is 0 Å². The molecule has 0 aromatic heterocycles. The summed E-state index contributed by atoms with van der Waals surface area (Å²) in [5.74, 6) is 0.614. The maximum absolute atomic E-state index is 12.2. The summed E-state index contributed by atoms with van der Waals surface area (Å²) < 4.78 is 5.15. The average molecular weight is 337 g/mol. The summed E-state index contributed by atoms with van der Waals surface area (Å²) in [5.41, 5.74) is 7.61. The van der Waals surface area contributed by atoms with Crippen molar-refractivity contribution in [2.24, 2.45) is 5.73 Å². The van der Waals surface area contributed by atoms with Crippen LogP contribution in [0.2, 0.25) is 10.0 Å². The van der Waals surface area contributed by atoms with Gasteiger partial charge < -0.3 is 15.4 Å². The Labute approximate surface area is 138 Å². The molecule has 114 valence electrons. The Hall–Kier alpha value is -1.75. The van der Waals surface area contributed by atoms with Crippen molar-refractivity contribution in [1.82, 2.24) is 0 Å². The Morgan fingerprint density at radius 2 is 1.77 bits per heavy atom. The van der Waals surface area contributed by atoms with Gasteiger partial charge in [-0.05, 0) is 35.9 Å². The lowest BCUT2D eigenvalue weighted by Gasteiger charge is -2.45. The molecule has 3 rings (SSSR count). The molecule has 4 nitrogen and oxygen atoms in total. The molecule has 6 heteroatoms. The molecule has 1 fully saturated rings. The number of hydrogen-bond acceptors (Lipinski definition) is 3.